The first-order chi connectivity index (χ1) is 13.5. The third kappa shape index (κ3) is 4.86. The third-order valence-corrected chi connectivity index (χ3v) is 5.08. The topological polar surface area (TPSA) is 87.9 Å². The summed E-state index contributed by atoms with van der Waals surface area (Å²) >= 11 is 0. The highest BCUT2D eigenvalue weighted by Crippen LogP contribution is 2.25. The highest BCUT2D eigenvalue weighted by molar-refractivity contribution is 5.93. The molecule has 1 fully saturated rings. The number of amides is 1. The van der Waals surface area contributed by atoms with E-state index in [-0.39, 0.29) is 24.0 Å². The number of nitriles is 1. The number of carbonyl (C=O) groups is 1. The first-order valence-corrected chi connectivity index (χ1v) is 9.76. The summed E-state index contributed by atoms with van der Waals surface area (Å²) in [6.45, 7) is 5.96. The van der Waals surface area contributed by atoms with Gasteiger partial charge >= 0.3 is 0 Å². The molecule has 1 amide bonds. The molecule has 0 unspecified atom stereocenters. The average molecular weight is 378 g/mol. The Hall–Kier alpha value is -2.94. The Morgan fingerprint density at radius 2 is 1.89 bits per heavy atom. The zero-order chi connectivity index (χ0) is 20.1. The van der Waals surface area contributed by atoms with Crippen molar-refractivity contribution in [2.45, 2.75) is 64.5 Å². The van der Waals surface area contributed by atoms with Crippen LogP contribution in [0.2, 0.25) is 0 Å². The van der Waals surface area contributed by atoms with Crippen LogP contribution >= 0.6 is 0 Å². The molecule has 1 aromatic carbocycles. The van der Waals surface area contributed by atoms with Crippen LogP contribution < -0.4 is 10.1 Å². The quantitative estimate of drug-likeness (QED) is 0.852. The van der Waals surface area contributed by atoms with E-state index >= 15 is 0 Å². The van der Waals surface area contributed by atoms with Gasteiger partial charge in [-0.15, -0.1) is 0 Å². The molecule has 28 heavy (non-hydrogen) atoms. The predicted molar refractivity (Wildman–Crippen MR) is 106 cm³/mol. The van der Waals surface area contributed by atoms with Crippen LogP contribution in [0.5, 0.6) is 5.75 Å². The Morgan fingerprint density at radius 3 is 2.46 bits per heavy atom. The van der Waals surface area contributed by atoms with Crippen LogP contribution in [-0.2, 0) is 0 Å². The Kier molecular flexibility index (Phi) is 6.25. The Morgan fingerprint density at radius 1 is 1.21 bits per heavy atom. The van der Waals surface area contributed by atoms with Gasteiger partial charge in [-0.2, -0.15) is 5.26 Å². The Balaban J connectivity index is 1.49. The lowest BCUT2D eigenvalue weighted by atomic mass is 9.92. The first kappa shape index (κ1) is 19.8. The van der Waals surface area contributed by atoms with E-state index in [0.29, 0.717) is 11.1 Å². The number of benzene rings is 1. The number of aromatic nitrogens is 2. The second-order valence-electron chi connectivity index (χ2n) is 7.64. The van der Waals surface area contributed by atoms with Gasteiger partial charge in [0.2, 0.25) is 0 Å². The summed E-state index contributed by atoms with van der Waals surface area (Å²) in [6.07, 6.45) is 6.83. The van der Waals surface area contributed by atoms with Gasteiger partial charge in [-0.25, -0.2) is 9.97 Å². The lowest BCUT2D eigenvalue weighted by molar-refractivity contribution is 0.0893. The minimum Gasteiger partial charge on any atom is -0.490 e. The van der Waals surface area contributed by atoms with Crippen LogP contribution in [0.15, 0.2) is 30.6 Å². The molecule has 0 aliphatic heterocycles. The fraction of sp³-hybridized carbons (Fsp3) is 0.455. The molecule has 146 valence electrons. The van der Waals surface area contributed by atoms with Crippen LogP contribution in [0.4, 0.5) is 0 Å². The minimum absolute atomic E-state index is 0.123. The maximum absolute atomic E-state index is 12.4. The SMILES string of the molecule is Cc1cc(OC2CCC(NC(=O)c3cnc(C(C)C)nc3)CC2)ccc1C#N. The summed E-state index contributed by atoms with van der Waals surface area (Å²) in [4.78, 5) is 20.9. The molecule has 1 saturated carbocycles. The molecule has 0 saturated heterocycles. The molecular formula is C22H26N4O2. The van der Waals surface area contributed by atoms with E-state index in [1.165, 1.54) is 0 Å². The molecule has 1 heterocycles. The maximum Gasteiger partial charge on any atom is 0.254 e. The van der Waals surface area contributed by atoms with E-state index in [1.807, 2.05) is 32.9 Å². The van der Waals surface area contributed by atoms with Gasteiger partial charge in [-0.1, -0.05) is 13.8 Å². The summed E-state index contributed by atoms with van der Waals surface area (Å²) in [5.41, 5.74) is 2.09. The number of hydrogen-bond acceptors (Lipinski definition) is 5. The second-order valence-corrected chi connectivity index (χ2v) is 7.64. The van der Waals surface area contributed by atoms with Gasteiger partial charge in [0.15, 0.2) is 0 Å². The van der Waals surface area contributed by atoms with E-state index in [1.54, 1.807) is 18.5 Å². The second kappa shape index (κ2) is 8.83. The van der Waals surface area contributed by atoms with E-state index in [9.17, 15) is 4.79 Å². The summed E-state index contributed by atoms with van der Waals surface area (Å²) in [5, 5.41) is 12.1. The van der Waals surface area contributed by atoms with E-state index in [2.05, 4.69) is 21.4 Å². The minimum atomic E-state index is -0.123. The van der Waals surface area contributed by atoms with Crippen molar-refractivity contribution in [2.24, 2.45) is 0 Å². The molecule has 3 rings (SSSR count). The molecule has 1 N–H and O–H groups in total. The summed E-state index contributed by atoms with van der Waals surface area (Å²) in [6, 6.07) is 7.86. The largest absolute Gasteiger partial charge is 0.490 e. The number of nitrogens with zero attached hydrogens (tertiary/aromatic N) is 3. The third-order valence-electron chi connectivity index (χ3n) is 5.08. The fourth-order valence-corrected chi connectivity index (χ4v) is 3.37. The normalized spacial score (nSPS) is 19.1. The monoisotopic (exact) mass is 378 g/mol. The van der Waals surface area contributed by atoms with Gasteiger partial charge < -0.3 is 10.1 Å². The summed E-state index contributed by atoms with van der Waals surface area (Å²) < 4.78 is 6.07. The van der Waals surface area contributed by atoms with Gasteiger partial charge in [0.05, 0.1) is 23.3 Å². The number of ether oxygens (including phenoxy) is 1. The van der Waals surface area contributed by atoms with E-state index < -0.39 is 0 Å². The van der Waals surface area contributed by atoms with Crippen molar-refractivity contribution >= 4 is 5.91 Å². The molecular weight excluding hydrogens is 352 g/mol. The molecule has 6 nitrogen and oxygen atoms in total. The molecule has 0 spiro atoms. The number of rotatable bonds is 5. The van der Waals surface area contributed by atoms with Crippen molar-refractivity contribution in [1.82, 2.24) is 15.3 Å². The van der Waals surface area contributed by atoms with Crippen molar-refractivity contribution in [2.75, 3.05) is 0 Å². The molecule has 1 aliphatic carbocycles. The van der Waals surface area contributed by atoms with E-state index in [4.69, 9.17) is 10.00 Å². The molecule has 6 heteroatoms. The highest BCUT2D eigenvalue weighted by Gasteiger charge is 2.24. The zero-order valence-corrected chi connectivity index (χ0v) is 16.6. The van der Waals surface area contributed by atoms with Crippen LogP contribution in [0, 0.1) is 18.3 Å². The van der Waals surface area contributed by atoms with Crippen LogP contribution in [0.1, 0.15) is 72.8 Å². The van der Waals surface area contributed by atoms with Crippen LogP contribution in [-0.4, -0.2) is 28.0 Å². The molecule has 1 aliphatic rings. The molecule has 0 bridgehead atoms. The van der Waals surface area contributed by atoms with Gasteiger partial charge in [0, 0.05) is 24.4 Å². The number of aryl methyl sites for hydroxylation is 1. The van der Waals surface area contributed by atoms with Crippen molar-refractivity contribution < 1.29 is 9.53 Å². The van der Waals surface area contributed by atoms with Gasteiger partial charge in [-0.05, 0) is 56.4 Å². The van der Waals surface area contributed by atoms with Crippen molar-refractivity contribution in [1.29, 1.82) is 5.26 Å². The molecule has 2 aromatic rings. The average Bonchev–Trinajstić information content (AvgIpc) is 2.69. The number of carbonyl (C=O) groups excluding carboxylic acids is 1. The lowest BCUT2D eigenvalue weighted by Crippen LogP contribution is -2.39. The fourth-order valence-electron chi connectivity index (χ4n) is 3.37. The van der Waals surface area contributed by atoms with Gasteiger partial charge in [0.25, 0.3) is 5.91 Å². The molecule has 0 radical (unpaired) electrons. The number of hydrogen-bond donors (Lipinski definition) is 1. The van der Waals surface area contributed by atoms with Crippen molar-refractivity contribution in [3.63, 3.8) is 0 Å². The Bertz CT molecular complexity index is 863. The predicted octanol–water partition coefficient (Wildman–Crippen LogP) is 3.90. The van der Waals surface area contributed by atoms with Gasteiger partial charge in [0.1, 0.15) is 11.6 Å². The van der Waals surface area contributed by atoms with E-state index in [0.717, 1.165) is 42.8 Å². The maximum atomic E-state index is 12.4. The van der Waals surface area contributed by atoms with Crippen molar-refractivity contribution in [3.8, 4) is 11.8 Å². The van der Waals surface area contributed by atoms with Crippen LogP contribution in [0.3, 0.4) is 0 Å². The summed E-state index contributed by atoms with van der Waals surface area (Å²) in [5.74, 6) is 1.66. The number of nitrogens with one attached hydrogen (secondary N) is 1. The smallest absolute Gasteiger partial charge is 0.254 e. The lowest BCUT2D eigenvalue weighted by Gasteiger charge is -2.29. The first-order valence-electron chi connectivity index (χ1n) is 9.76. The van der Waals surface area contributed by atoms with Gasteiger partial charge in [-0.3, -0.25) is 4.79 Å². The van der Waals surface area contributed by atoms with Crippen molar-refractivity contribution in [3.05, 3.63) is 53.1 Å². The zero-order valence-electron chi connectivity index (χ0n) is 16.6. The summed E-state index contributed by atoms with van der Waals surface area (Å²) in [7, 11) is 0. The molecule has 0 atom stereocenters. The van der Waals surface area contributed by atoms with Crippen LogP contribution in [0.25, 0.3) is 0 Å². The molecule has 1 aromatic heterocycles. The Labute approximate surface area is 166 Å². The standard InChI is InChI=1S/C22H26N4O2/c1-14(2)21-24-12-17(13-25-21)22(27)26-18-5-8-19(9-6-18)28-20-7-4-16(11-23)15(3)10-20/h4,7,10,12-14,18-19H,5-6,8-9H2,1-3H3,(H,26,27). The highest BCUT2D eigenvalue weighted by atomic mass is 16.5.